The zero-order chi connectivity index (χ0) is 9.19. The van der Waals surface area contributed by atoms with Crippen LogP contribution < -0.4 is 56.7 Å². The Morgan fingerprint density at radius 2 is 2.15 bits per heavy atom. The van der Waals surface area contributed by atoms with E-state index in [2.05, 4.69) is 32.4 Å². The molecule has 1 unspecified atom stereocenters. The third-order valence-corrected chi connectivity index (χ3v) is 3.66. The van der Waals surface area contributed by atoms with Crippen LogP contribution in [0.25, 0.3) is 0 Å². The Labute approximate surface area is 127 Å². The van der Waals surface area contributed by atoms with E-state index >= 15 is 0 Å². The van der Waals surface area contributed by atoms with Gasteiger partial charge in [0.05, 0.1) is 5.37 Å². The number of carbonyl (C=O) groups excluding carboxylic acids is 1. The van der Waals surface area contributed by atoms with Crippen molar-refractivity contribution in [1.82, 2.24) is 5.32 Å². The maximum absolute atomic E-state index is 10.6. The summed E-state index contributed by atoms with van der Waals surface area (Å²) in [5, 5.41) is 3.71. The van der Waals surface area contributed by atoms with Crippen molar-refractivity contribution in [1.29, 1.82) is 0 Å². The molecule has 0 bridgehead atoms. The van der Waals surface area contributed by atoms with Crippen LogP contribution in [0, 0.1) is 0 Å². The van der Waals surface area contributed by atoms with Crippen LogP contribution in [0.3, 0.4) is 0 Å². The molecule has 4 heteroatoms. The first kappa shape index (κ1) is 14.6. The van der Waals surface area contributed by atoms with Gasteiger partial charge in [-0.1, -0.05) is 33.2 Å². The zero-order valence-corrected chi connectivity index (χ0v) is 12.8. The summed E-state index contributed by atoms with van der Waals surface area (Å²) in [6.07, 6.45) is 4.35. The van der Waals surface area contributed by atoms with E-state index in [1.165, 1.54) is 0 Å². The Balaban J connectivity index is 0.00000144. The van der Waals surface area contributed by atoms with Crippen LogP contribution in [-0.4, -0.2) is 22.4 Å². The normalized spacial score (nSPS) is 31.0. The second kappa shape index (κ2) is 6.25. The maximum atomic E-state index is 10.6. The average Bonchev–Trinajstić information content (AvgIpc) is 2.25. The van der Waals surface area contributed by atoms with Crippen molar-refractivity contribution in [2.75, 3.05) is 0 Å². The molecule has 1 fully saturated rings. The predicted octanol–water partition coefficient (Wildman–Crippen LogP) is -1.29. The molecule has 1 saturated heterocycles. The Bertz CT molecular complexity index is 175. The van der Waals surface area contributed by atoms with Gasteiger partial charge in [0.1, 0.15) is 0 Å². The molecular formula is C9H16KNOS. The molecule has 70 valence electrons. The molecule has 2 nitrogen and oxygen atoms in total. The van der Waals surface area contributed by atoms with Crippen LogP contribution in [0.4, 0.5) is 0 Å². The second-order valence-electron chi connectivity index (χ2n) is 3.72. The van der Waals surface area contributed by atoms with Crippen molar-refractivity contribution in [3.8, 4) is 0 Å². The van der Waals surface area contributed by atoms with Crippen LogP contribution in [-0.2, 0) is 4.79 Å². The number of nitrogens with one attached hydrogen (secondary N) is 1. The standard InChI is InChI=1S/C9H16NOS.K/c1-4-5-8-10-7(6-11)9(2,3)12-8;/h7-8,10H,4-5H2,1-3H3;/q-1;+1/t7-,8?;/m1./s1. The summed E-state index contributed by atoms with van der Waals surface area (Å²) in [7, 11) is 0. The Kier molecular flexibility index (Phi) is 7.03. The fourth-order valence-corrected chi connectivity index (χ4v) is 2.98. The summed E-state index contributed by atoms with van der Waals surface area (Å²) in [5.74, 6) is 0. The molecule has 1 N–H and O–H groups in total. The number of rotatable bonds is 3. The Morgan fingerprint density at radius 3 is 2.54 bits per heavy atom. The van der Waals surface area contributed by atoms with Gasteiger partial charge >= 0.3 is 51.4 Å². The zero-order valence-electron chi connectivity index (χ0n) is 8.89. The van der Waals surface area contributed by atoms with Crippen molar-refractivity contribution in [2.45, 2.75) is 49.8 Å². The minimum atomic E-state index is -0.0981. The van der Waals surface area contributed by atoms with E-state index in [1.54, 1.807) is 0 Å². The molecule has 2 atom stereocenters. The number of hydrogen-bond donors (Lipinski definition) is 1. The minimum absolute atomic E-state index is 0. The third-order valence-electron chi connectivity index (χ3n) is 2.16. The maximum Gasteiger partial charge on any atom is 1.00 e. The molecule has 0 aromatic heterocycles. The van der Waals surface area contributed by atoms with E-state index in [0.29, 0.717) is 5.37 Å². The number of hydrogen-bond acceptors (Lipinski definition) is 3. The van der Waals surface area contributed by atoms with Crippen molar-refractivity contribution >= 4 is 18.0 Å². The first-order valence-electron chi connectivity index (χ1n) is 4.41. The quantitative estimate of drug-likeness (QED) is 0.479. The van der Waals surface area contributed by atoms with E-state index in [1.807, 2.05) is 11.8 Å². The Hall–Kier alpha value is 1.62. The van der Waals surface area contributed by atoms with Crippen LogP contribution in [0.1, 0.15) is 33.6 Å². The molecule has 0 amide bonds. The van der Waals surface area contributed by atoms with E-state index in [9.17, 15) is 4.79 Å². The van der Waals surface area contributed by atoms with Gasteiger partial charge in [-0.25, -0.2) is 6.29 Å². The van der Waals surface area contributed by atoms with E-state index in [0.717, 1.165) is 12.8 Å². The molecule has 0 aromatic carbocycles. The molecular weight excluding hydrogens is 209 g/mol. The molecule has 0 saturated carbocycles. The summed E-state index contributed by atoms with van der Waals surface area (Å²) in [4.78, 5) is 10.6. The summed E-state index contributed by atoms with van der Waals surface area (Å²) in [6, 6.07) is -0.0981. The minimum Gasteiger partial charge on any atom is -0.540 e. The van der Waals surface area contributed by atoms with Gasteiger partial charge in [-0.15, -0.1) is 11.8 Å². The summed E-state index contributed by atoms with van der Waals surface area (Å²) < 4.78 is 0.0155. The molecule has 0 aliphatic carbocycles. The SMILES string of the molecule is CCCC1N[C@H]([C-]=O)C(C)(C)S1.[K+]. The average molecular weight is 225 g/mol. The van der Waals surface area contributed by atoms with Crippen molar-refractivity contribution < 1.29 is 56.2 Å². The molecule has 1 rings (SSSR count). The molecule has 0 radical (unpaired) electrons. The fourth-order valence-electron chi connectivity index (χ4n) is 1.44. The Morgan fingerprint density at radius 1 is 1.54 bits per heavy atom. The van der Waals surface area contributed by atoms with Gasteiger partial charge in [0.25, 0.3) is 0 Å². The van der Waals surface area contributed by atoms with Gasteiger partial charge in [-0.3, -0.25) is 0 Å². The third kappa shape index (κ3) is 3.93. The van der Waals surface area contributed by atoms with Crippen molar-refractivity contribution in [3.63, 3.8) is 0 Å². The van der Waals surface area contributed by atoms with Crippen molar-refractivity contribution in [3.05, 3.63) is 0 Å². The van der Waals surface area contributed by atoms with Crippen LogP contribution in [0.2, 0.25) is 0 Å². The molecule has 13 heavy (non-hydrogen) atoms. The molecule has 0 aromatic rings. The molecule has 1 aliphatic heterocycles. The van der Waals surface area contributed by atoms with Crippen LogP contribution >= 0.6 is 11.8 Å². The number of thioether (sulfide) groups is 1. The van der Waals surface area contributed by atoms with E-state index < -0.39 is 0 Å². The topological polar surface area (TPSA) is 29.1 Å². The summed E-state index contributed by atoms with van der Waals surface area (Å²) in [6.45, 7) is 6.35. The van der Waals surface area contributed by atoms with Crippen LogP contribution in [0.15, 0.2) is 0 Å². The van der Waals surface area contributed by atoms with Gasteiger partial charge in [0.2, 0.25) is 0 Å². The smallest absolute Gasteiger partial charge is 0.540 e. The monoisotopic (exact) mass is 225 g/mol. The first-order valence-corrected chi connectivity index (χ1v) is 5.29. The van der Waals surface area contributed by atoms with Gasteiger partial charge < -0.3 is 10.1 Å². The van der Waals surface area contributed by atoms with Gasteiger partial charge in [0, 0.05) is 4.75 Å². The van der Waals surface area contributed by atoms with E-state index in [-0.39, 0.29) is 62.2 Å². The van der Waals surface area contributed by atoms with Gasteiger partial charge in [0.15, 0.2) is 0 Å². The van der Waals surface area contributed by atoms with Crippen LogP contribution in [0.5, 0.6) is 0 Å². The largest absolute Gasteiger partial charge is 1.00 e. The molecule has 0 spiro atoms. The van der Waals surface area contributed by atoms with Gasteiger partial charge in [-0.2, -0.15) is 0 Å². The summed E-state index contributed by atoms with van der Waals surface area (Å²) >= 11 is 1.85. The molecule has 1 heterocycles. The van der Waals surface area contributed by atoms with E-state index in [4.69, 9.17) is 0 Å². The van der Waals surface area contributed by atoms with Gasteiger partial charge in [-0.05, 0) is 6.42 Å². The first-order chi connectivity index (χ1) is 5.60. The van der Waals surface area contributed by atoms with Crippen molar-refractivity contribution in [2.24, 2.45) is 0 Å². The summed E-state index contributed by atoms with van der Waals surface area (Å²) in [5.41, 5.74) is 0. The second-order valence-corrected chi connectivity index (χ2v) is 5.57. The fraction of sp³-hybridized carbons (Fsp3) is 0.889. The molecule has 1 aliphatic rings. The predicted molar refractivity (Wildman–Crippen MR) is 53.0 cm³/mol.